The molecule has 0 fully saturated rings. The molecule has 0 unspecified atom stereocenters. The largest absolute Gasteiger partial charge is 0.496 e. The topological polar surface area (TPSA) is 92.4 Å². The van der Waals surface area contributed by atoms with Gasteiger partial charge in [-0.15, -0.1) is 0 Å². The molecule has 0 aliphatic rings. The van der Waals surface area contributed by atoms with Gasteiger partial charge < -0.3 is 20.7 Å². The molecule has 3 N–H and O–H groups in total. The van der Waals surface area contributed by atoms with Gasteiger partial charge >= 0.3 is 0 Å². The molecule has 166 valence electrons. The Hall–Kier alpha value is -3.42. The van der Waals surface area contributed by atoms with Crippen LogP contribution in [-0.4, -0.2) is 37.0 Å². The smallest absolute Gasteiger partial charge is 0.258 e. The molecular weight excluding hydrogens is 428 g/mol. The molecule has 8 heteroatoms. The normalized spacial score (nSPS) is 10.5. The van der Waals surface area contributed by atoms with Crippen molar-refractivity contribution in [3.05, 3.63) is 76.9 Å². The average molecular weight is 453 g/mol. The lowest BCUT2D eigenvalue weighted by atomic mass is 10.0. The van der Waals surface area contributed by atoms with Crippen LogP contribution in [0.5, 0.6) is 5.75 Å². The first kappa shape index (κ1) is 23.2. The number of aromatic nitrogens is 1. The third kappa shape index (κ3) is 6.06. The molecule has 0 radical (unpaired) electrons. The first-order chi connectivity index (χ1) is 15.5. The van der Waals surface area contributed by atoms with Crippen molar-refractivity contribution in [1.29, 1.82) is 0 Å². The van der Waals surface area contributed by atoms with Crippen molar-refractivity contribution >= 4 is 29.2 Å². The van der Waals surface area contributed by atoms with Crippen LogP contribution in [0.2, 0.25) is 5.02 Å². The number of para-hydroxylation sites is 1. The van der Waals surface area contributed by atoms with Crippen LogP contribution in [0.4, 0.5) is 5.82 Å². The Morgan fingerprint density at radius 2 is 1.78 bits per heavy atom. The molecule has 0 aliphatic carbocycles. The van der Waals surface area contributed by atoms with Gasteiger partial charge in [0.1, 0.15) is 11.6 Å². The second-order valence-corrected chi connectivity index (χ2v) is 7.41. The highest BCUT2D eigenvalue weighted by atomic mass is 35.5. The highest BCUT2D eigenvalue weighted by Crippen LogP contribution is 2.36. The maximum atomic E-state index is 12.8. The summed E-state index contributed by atoms with van der Waals surface area (Å²) in [5.74, 6) is 0.702. The van der Waals surface area contributed by atoms with E-state index in [-0.39, 0.29) is 11.8 Å². The van der Waals surface area contributed by atoms with Crippen molar-refractivity contribution in [3.63, 3.8) is 0 Å². The van der Waals surface area contributed by atoms with Crippen molar-refractivity contribution in [2.45, 2.75) is 13.5 Å². The zero-order chi connectivity index (χ0) is 22.9. The molecule has 0 aliphatic heterocycles. The second-order valence-electron chi connectivity index (χ2n) is 7.03. The van der Waals surface area contributed by atoms with E-state index in [4.69, 9.17) is 16.3 Å². The molecule has 32 heavy (non-hydrogen) atoms. The van der Waals surface area contributed by atoms with E-state index in [1.807, 2.05) is 36.4 Å². The predicted molar refractivity (Wildman–Crippen MR) is 126 cm³/mol. The number of anilines is 1. The lowest BCUT2D eigenvalue weighted by molar-refractivity contribution is -0.118. The van der Waals surface area contributed by atoms with E-state index in [2.05, 4.69) is 20.9 Å². The first-order valence-corrected chi connectivity index (χ1v) is 10.5. The Morgan fingerprint density at radius 3 is 2.50 bits per heavy atom. The van der Waals surface area contributed by atoms with Crippen LogP contribution in [0.25, 0.3) is 11.1 Å². The molecule has 0 saturated heterocycles. The Morgan fingerprint density at radius 1 is 1.00 bits per heavy atom. The van der Waals surface area contributed by atoms with Crippen LogP contribution in [-0.2, 0) is 11.3 Å². The molecule has 0 spiro atoms. The van der Waals surface area contributed by atoms with Crippen LogP contribution in [0.1, 0.15) is 22.8 Å². The van der Waals surface area contributed by atoms with E-state index in [1.165, 1.54) is 6.92 Å². The number of nitrogens with one attached hydrogen (secondary N) is 3. The van der Waals surface area contributed by atoms with Crippen LogP contribution in [0.15, 0.2) is 60.8 Å². The van der Waals surface area contributed by atoms with Crippen molar-refractivity contribution < 1.29 is 14.3 Å². The summed E-state index contributed by atoms with van der Waals surface area (Å²) in [6.07, 6.45) is 1.69. The summed E-state index contributed by atoms with van der Waals surface area (Å²) in [4.78, 5) is 28.0. The molecule has 2 aromatic carbocycles. The van der Waals surface area contributed by atoms with Crippen molar-refractivity contribution in [2.75, 3.05) is 25.5 Å². The fourth-order valence-electron chi connectivity index (χ4n) is 3.13. The fraction of sp³-hybridized carbons (Fsp3) is 0.208. The Kier molecular flexibility index (Phi) is 8.19. The zero-order valence-corrected chi connectivity index (χ0v) is 18.7. The van der Waals surface area contributed by atoms with E-state index in [1.54, 1.807) is 31.5 Å². The van der Waals surface area contributed by atoms with Gasteiger partial charge in [0.25, 0.3) is 5.91 Å². The number of hydrogen-bond donors (Lipinski definition) is 3. The van der Waals surface area contributed by atoms with Gasteiger partial charge in [-0.05, 0) is 23.8 Å². The number of methoxy groups -OCH3 is 1. The van der Waals surface area contributed by atoms with Crippen LogP contribution < -0.4 is 20.7 Å². The van der Waals surface area contributed by atoms with Gasteiger partial charge in [-0.1, -0.05) is 48.0 Å². The van der Waals surface area contributed by atoms with Gasteiger partial charge in [-0.25, -0.2) is 4.98 Å². The maximum Gasteiger partial charge on any atom is 0.258 e. The number of ether oxygens (including phenoxy) is 1. The van der Waals surface area contributed by atoms with E-state index in [0.29, 0.717) is 47.4 Å². The SMILES string of the molecule is COc1ccccc1-c1cccc(C(=O)Nc2ccc(CNCCNC(C)=O)cn2)c1Cl. The molecule has 0 atom stereocenters. The number of carbonyl (C=O) groups is 2. The van der Waals surface area contributed by atoms with Crippen LogP contribution in [0, 0.1) is 0 Å². The van der Waals surface area contributed by atoms with Gasteiger partial charge in [-0.3, -0.25) is 9.59 Å². The van der Waals surface area contributed by atoms with E-state index in [9.17, 15) is 9.59 Å². The monoisotopic (exact) mass is 452 g/mol. The Balaban J connectivity index is 1.65. The average Bonchev–Trinajstić information content (AvgIpc) is 2.80. The Labute approximate surface area is 192 Å². The highest BCUT2D eigenvalue weighted by molar-refractivity contribution is 6.37. The van der Waals surface area contributed by atoms with Gasteiger partial charge in [0.15, 0.2) is 0 Å². The number of amides is 2. The fourth-order valence-corrected chi connectivity index (χ4v) is 3.44. The summed E-state index contributed by atoms with van der Waals surface area (Å²) >= 11 is 6.59. The van der Waals surface area contributed by atoms with Crippen LogP contribution >= 0.6 is 11.6 Å². The van der Waals surface area contributed by atoms with E-state index in [0.717, 1.165) is 11.1 Å². The predicted octanol–water partition coefficient (Wildman–Crippen LogP) is 3.89. The minimum atomic E-state index is -0.347. The van der Waals surface area contributed by atoms with Gasteiger partial charge in [-0.2, -0.15) is 0 Å². The summed E-state index contributed by atoms with van der Waals surface area (Å²) in [6, 6.07) is 16.4. The number of benzene rings is 2. The highest BCUT2D eigenvalue weighted by Gasteiger charge is 2.17. The molecule has 7 nitrogen and oxygen atoms in total. The van der Waals surface area contributed by atoms with E-state index >= 15 is 0 Å². The number of pyridine rings is 1. The van der Waals surface area contributed by atoms with Gasteiger partial charge in [0.2, 0.25) is 5.91 Å². The molecule has 1 heterocycles. The molecule has 0 saturated carbocycles. The van der Waals surface area contributed by atoms with Crippen molar-refractivity contribution in [1.82, 2.24) is 15.6 Å². The Bertz CT molecular complexity index is 1090. The standard InChI is InChI=1S/C24H25ClN4O3/c1-16(30)27-13-12-26-14-17-10-11-22(28-15-17)29-24(31)20-8-5-7-19(23(20)25)18-6-3-4-9-21(18)32-2/h3-11,15,26H,12-14H2,1-2H3,(H,27,30)(H,28,29,31). The number of hydrogen-bond acceptors (Lipinski definition) is 5. The van der Waals surface area contributed by atoms with Gasteiger partial charge in [0.05, 0.1) is 17.7 Å². The molecule has 3 rings (SSSR count). The molecule has 2 amide bonds. The first-order valence-electron chi connectivity index (χ1n) is 10.1. The lowest BCUT2D eigenvalue weighted by Crippen LogP contribution is -2.29. The summed E-state index contributed by atoms with van der Waals surface area (Å²) in [6.45, 7) is 3.30. The third-order valence-corrected chi connectivity index (χ3v) is 5.12. The zero-order valence-electron chi connectivity index (χ0n) is 17.9. The minimum Gasteiger partial charge on any atom is -0.496 e. The lowest BCUT2D eigenvalue weighted by Gasteiger charge is -2.13. The van der Waals surface area contributed by atoms with Crippen molar-refractivity contribution in [2.24, 2.45) is 0 Å². The van der Waals surface area contributed by atoms with Crippen LogP contribution in [0.3, 0.4) is 0 Å². The molecule has 1 aromatic heterocycles. The quantitative estimate of drug-likeness (QED) is 0.428. The van der Waals surface area contributed by atoms with Crippen molar-refractivity contribution in [3.8, 4) is 16.9 Å². The number of nitrogens with zero attached hydrogens (tertiary/aromatic N) is 1. The molecule has 0 bridgehead atoms. The molecular formula is C24H25ClN4O3. The minimum absolute atomic E-state index is 0.0536. The maximum absolute atomic E-state index is 12.8. The third-order valence-electron chi connectivity index (χ3n) is 4.71. The summed E-state index contributed by atoms with van der Waals surface area (Å²) in [7, 11) is 1.59. The van der Waals surface area contributed by atoms with Gasteiger partial charge in [0, 0.05) is 43.9 Å². The number of carbonyl (C=O) groups excluding carboxylic acids is 2. The number of halogens is 1. The summed E-state index contributed by atoms with van der Waals surface area (Å²) < 4.78 is 5.42. The summed E-state index contributed by atoms with van der Waals surface area (Å²) in [5, 5.41) is 9.06. The molecule has 3 aromatic rings. The van der Waals surface area contributed by atoms with E-state index < -0.39 is 0 Å². The second kappa shape index (κ2) is 11.3. The summed E-state index contributed by atoms with van der Waals surface area (Å²) in [5.41, 5.74) is 2.83. The number of rotatable bonds is 9.